The molecule has 0 bridgehead atoms. The van der Waals surface area contributed by atoms with Crippen LogP contribution in [-0.2, 0) is 12.0 Å². The van der Waals surface area contributed by atoms with Crippen LogP contribution in [0.2, 0.25) is 0 Å². The zero-order valence-corrected chi connectivity index (χ0v) is 10.3. The zero-order valence-electron chi connectivity index (χ0n) is 10.3. The number of rotatable bonds is 5. The third-order valence-corrected chi connectivity index (χ3v) is 2.67. The highest BCUT2D eigenvalue weighted by Gasteiger charge is 2.21. The predicted octanol–water partition coefficient (Wildman–Crippen LogP) is 1.56. The summed E-state index contributed by atoms with van der Waals surface area (Å²) >= 11 is 0. The van der Waals surface area contributed by atoms with Gasteiger partial charge in [-0.25, -0.2) is 0 Å². The monoisotopic (exact) mass is 222 g/mol. The third kappa shape index (κ3) is 3.59. The van der Waals surface area contributed by atoms with E-state index in [0.717, 1.165) is 12.0 Å². The second-order valence-corrected chi connectivity index (χ2v) is 4.95. The van der Waals surface area contributed by atoms with E-state index in [2.05, 4.69) is 31.4 Å². The fourth-order valence-corrected chi connectivity index (χ4v) is 1.77. The van der Waals surface area contributed by atoms with E-state index < -0.39 is 5.60 Å². The van der Waals surface area contributed by atoms with Crippen LogP contribution in [0.25, 0.3) is 0 Å². The molecule has 1 aromatic carbocycles. The first-order chi connectivity index (χ1) is 7.45. The number of hydrazine groups is 1. The van der Waals surface area contributed by atoms with Crippen molar-refractivity contribution in [1.29, 1.82) is 0 Å². The first kappa shape index (κ1) is 13.2. The summed E-state index contributed by atoms with van der Waals surface area (Å²) in [4.78, 5) is 0. The van der Waals surface area contributed by atoms with Crippen LogP contribution in [0.1, 0.15) is 31.9 Å². The number of nitrogens with one attached hydrogen (secondary N) is 1. The first-order valence-corrected chi connectivity index (χ1v) is 5.71. The molecule has 0 spiro atoms. The molecule has 0 heterocycles. The van der Waals surface area contributed by atoms with Gasteiger partial charge in [-0.05, 0) is 30.4 Å². The van der Waals surface area contributed by atoms with Crippen LogP contribution in [0.15, 0.2) is 24.3 Å². The summed E-state index contributed by atoms with van der Waals surface area (Å²) in [5.41, 5.74) is 3.78. The summed E-state index contributed by atoms with van der Waals surface area (Å²) in [7, 11) is 0. The fourth-order valence-electron chi connectivity index (χ4n) is 1.77. The summed E-state index contributed by atoms with van der Waals surface area (Å²) in [5.74, 6) is 5.89. The molecule has 1 atom stereocenters. The molecule has 0 aliphatic rings. The maximum Gasteiger partial charge on any atom is 0.101 e. The summed E-state index contributed by atoms with van der Waals surface area (Å²) in [6.07, 6.45) is 1.07. The molecule has 1 aromatic rings. The predicted molar refractivity (Wildman–Crippen MR) is 66.7 cm³/mol. The minimum Gasteiger partial charge on any atom is -0.384 e. The van der Waals surface area contributed by atoms with Gasteiger partial charge in [0.2, 0.25) is 0 Å². The topological polar surface area (TPSA) is 58.3 Å². The van der Waals surface area contributed by atoms with Gasteiger partial charge in [0.05, 0.1) is 0 Å². The van der Waals surface area contributed by atoms with Gasteiger partial charge in [-0.1, -0.05) is 38.1 Å². The summed E-state index contributed by atoms with van der Waals surface area (Å²) < 4.78 is 0. The second-order valence-electron chi connectivity index (χ2n) is 4.95. The largest absolute Gasteiger partial charge is 0.384 e. The lowest BCUT2D eigenvalue weighted by Crippen LogP contribution is -2.38. The van der Waals surface area contributed by atoms with Crippen LogP contribution in [0.4, 0.5) is 0 Å². The maximum atomic E-state index is 10.1. The van der Waals surface area contributed by atoms with E-state index in [1.807, 2.05) is 12.1 Å². The number of aliphatic hydroxyl groups is 1. The van der Waals surface area contributed by atoms with E-state index in [1.54, 1.807) is 6.92 Å². The highest BCUT2D eigenvalue weighted by atomic mass is 16.3. The molecule has 0 aliphatic heterocycles. The lowest BCUT2D eigenvalue weighted by Gasteiger charge is -2.23. The molecule has 0 radical (unpaired) electrons. The molecule has 3 nitrogen and oxygen atoms in total. The van der Waals surface area contributed by atoms with Crippen molar-refractivity contribution < 1.29 is 5.11 Å². The SMILES string of the molecule is CC(C)Cc1ccc(C(C)(O)CNN)cc1. The Labute approximate surface area is 97.6 Å². The van der Waals surface area contributed by atoms with Gasteiger partial charge in [-0.15, -0.1) is 0 Å². The van der Waals surface area contributed by atoms with Crippen LogP contribution in [0.5, 0.6) is 0 Å². The van der Waals surface area contributed by atoms with Crippen molar-refractivity contribution in [3.8, 4) is 0 Å². The van der Waals surface area contributed by atoms with E-state index >= 15 is 0 Å². The van der Waals surface area contributed by atoms with Gasteiger partial charge >= 0.3 is 0 Å². The van der Waals surface area contributed by atoms with Crippen LogP contribution in [0, 0.1) is 5.92 Å². The average molecular weight is 222 g/mol. The van der Waals surface area contributed by atoms with Crippen molar-refractivity contribution in [1.82, 2.24) is 5.43 Å². The minimum atomic E-state index is -0.912. The number of nitrogens with two attached hydrogens (primary N) is 1. The van der Waals surface area contributed by atoms with Crippen molar-refractivity contribution in [3.05, 3.63) is 35.4 Å². The van der Waals surface area contributed by atoms with Gasteiger partial charge in [0.15, 0.2) is 0 Å². The Morgan fingerprint density at radius 2 is 1.88 bits per heavy atom. The van der Waals surface area contributed by atoms with Crippen LogP contribution < -0.4 is 11.3 Å². The van der Waals surface area contributed by atoms with E-state index in [1.165, 1.54) is 5.56 Å². The molecular weight excluding hydrogens is 200 g/mol. The van der Waals surface area contributed by atoms with Gasteiger partial charge < -0.3 is 5.11 Å². The summed E-state index contributed by atoms with van der Waals surface area (Å²) in [5, 5.41) is 10.1. The number of hydrogen-bond acceptors (Lipinski definition) is 3. The molecular formula is C13H22N2O. The summed E-state index contributed by atoms with van der Waals surface area (Å²) in [6, 6.07) is 8.07. The van der Waals surface area contributed by atoms with E-state index in [9.17, 15) is 5.11 Å². The number of benzene rings is 1. The van der Waals surface area contributed by atoms with Crippen molar-refractivity contribution >= 4 is 0 Å². The van der Waals surface area contributed by atoms with Gasteiger partial charge in [0.1, 0.15) is 5.60 Å². The first-order valence-electron chi connectivity index (χ1n) is 5.71. The highest BCUT2D eigenvalue weighted by molar-refractivity contribution is 5.27. The molecule has 0 amide bonds. The van der Waals surface area contributed by atoms with Crippen LogP contribution >= 0.6 is 0 Å². The molecule has 0 saturated heterocycles. The Balaban J connectivity index is 2.78. The van der Waals surface area contributed by atoms with Crippen molar-refractivity contribution in [2.45, 2.75) is 32.8 Å². The molecule has 3 heteroatoms. The third-order valence-electron chi connectivity index (χ3n) is 2.67. The quantitative estimate of drug-likeness (QED) is 0.523. The van der Waals surface area contributed by atoms with Crippen molar-refractivity contribution in [3.63, 3.8) is 0 Å². The zero-order chi connectivity index (χ0) is 12.2. The molecule has 0 saturated carbocycles. The Hall–Kier alpha value is -0.900. The van der Waals surface area contributed by atoms with Gasteiger partial charge in [-0.3, -0.25) is 11.3 Å². The number of hydrogen-bond donors (Lipinski definition) is 3. The van der Waals surface area contributed by atoms with Crippen LogP contribution in [0.3, 0.4) is 0 Å². The average Bonchev–Trinajstić information content (AvgIpc) is 2.17. The summed E-state index contributed by atoms with van der Waals surface area (Å²) in [6.45, 7) is 6.49. The Bertz CT molecular complexity index is 317. The lowest BCUT2D eigenvalue weighted by molar-refractivity contribution is 0.0572. The maximum absolute atomic E-state index is 10.1. The molecule has 1 rings (SSSR count). The van der Waals surface area contributed by atoms with E-state index in [-0.39, 0.29) is 0 Å². The van der Waals surface area contributed by atoms with Gasteiger partial charge in [0, 0.05) is 6.54 Å². The van der Waals surface area contributed by atoms with Gasteiger partial charge in [0.25, 0.3) is 0 Å². The highest BCUT2D eigenvalue weighted by Crippen LogP contribution is 2.20. The minimum absolute atomic E-state index is 0.344. The van der Waals surface area contributed by atoms with Crippen molar-refractivity contribution in [2.24, 2.45) is 11.8 Å². The fraction of sp³-hybridized carbons (Fsp3) is 0.538. The Morgan fingerprint density at radius 3 is 2.31 bits per heavy atom. The molecule has 16 heavy (non-hydrogen) atoms. The lowest BCUT2D eigenvalue weighted by atomic mass is 9.93. The molecule has 1 unspecified atom stereocenters. The molecule has 0 fully saturated rings. The van der Waals surface area contributed by atoms with E-state index in [0.29, 0.717) is 12.5 Å². The standard InChI is InChI=1S/C13H22N2O/c1-10(2)8-11-4-6-12(7-5-11)13(3,16)9-15-14/h4-7,10,15-16H,8-9,14H2,1-3H3. The molecule has 0 aliphatic carbocycles. The Morgan fingerprint density at radius 1 is 1.31 bits per heavy atom. The second kappa shape index (κ2) is 5.43. The van der Waals surface area contributed by atoms with Crippen molar-refractivity contribution in [2.75, 3.05) is 6.54 Å². The van der Waals surface area contributed by atoms with E-state index in [4.69, 9.17) is 5.84 Å². The molecule has 90 valence electrons. The normalized spacial score (nSPS) is 15.1. The molecule has 4 N–H and O–H groups in total. The van der Waals surface area contributed by atoms with Crippen LogP contribution in [-0.4, -0.2) is 11.7 Å². The smallest absolute Gasteiger partial charge is 0.101 e. The molecule has 0 aromatic heterocycles. The van der Waals surface area contributed by atoms with Gasteiger partial charge in [-0.2, -0.15) is 0 Å². The Kier molecular flexibility index (Phi) is 4.47.